The van der Waals surface area contributed by atoms with Gasteiger partial charge < -0.3 is 5.32 Å². The molecular weight excluding hydrogens is 398 g/mol. The standard InChI is InChI=1S/C24H22F2N4O/c1-15(17-9-5-3-6-10-17)27-21(31)14-30-24-22(16(2)29-30)19(23(25)26)13-20(28-24)18-11-7-4-8-12-18/h3-13,15,23H,14H2,1-2H3,(H,27,31). The molecule has 1 atom stereocenters. The Kier molecular flexibility index (Phi) is 5.75. The lowest BCUT2D eigenvalue weighted by molar-refractivity contribution is -0.122. The Hall–Kier alpha value is -3.61. The number of amides is 1. The molecule has 5 nitrogen and oxygen atoms in total. The summed E-state index contributed by atoms with van der Waals surface area (Å²) >= 11 is 0. The van der Waals surface area contributed by atoms with E-state index in [9.17, 15) is 13.6 Å². The minimum atomic E-state index is -2.68. The number of hydrogen-bond acceptors (Lipinski definition) is 3. The van der Waals surface area contributed by atoms with Gasteiger partial charge in [0.25, 0.3) is 6.43 Å². The van der Waals surface area contributed by atoms with Crippen LogP contribution in [0.5, 0.6) is 0 Å². The monoisotopic (exact) mass is 420 g/mol. The van der Waals surface area contributed by atoms with Gasteiger partial charge in [-0.2, -0.15) is 5.10 Å². The number of benzene rings is 2. The van der Waals surface area contributed by atoms with Gasteiger partial charge in [0, 0.05) is 11.1 Å². The first-order valence-corrected chi connectivity index (χ1v) is 10.00. The van der Waals surface area contributed by atoms with Crippen molar-refractivity contribution < 1.29 is 13.6 Å². The highest BCUT2D eigenvalue weighted by Crippen LogP contribution is 2.33. The number of nitrogens with zero attached hydrogens (tertiary/aromatic N) is 3. The van der Waals surface area contributed by atoms with Crippen molar-refractivity contribution in [1.82, 2.24) is 20.1 Å². The van der Waals surface area contributed by atoms with E-state index in [1.807, 2.05) is 67.6 Å². The average molecular weight is 420 g/mol. The maximum atomic E-state index is 13.9. The number of alkyl halides is 2. The van der Waals surface area contributed by atoms with Gasteiger partial charge in [-0.3, -0.25) is 4.79 Å². The van der Waals surface area contributed by atoms with Crippen LogP contribution in [-0.4, -0.2) is 20.7 Å². The second-order valence-corrected chi connectivity index (χ2v) is 7.40. The number of aryl methyl sites for hydroxylation is 1. The van der Waals surface area contributed by atoms with Crippen LogP contribution in [0.15, 0.2) is 66.7 Å². The van der Waals surface area contributed by atoms with E-state index in [1.54, 1.807) is 6.92 Å². The van der Waals surface area contributed by atoms with Crippen LogP contribution in [0.25, 0.3) is 22.3 Å². The second-order valence-electron chi connectivity index (χ2n) is 7.40. The van der Waals surface area contributed by atoms with Crippen LogP contribution >= 0.6 is 0 Å². The number of fused-ring (bicyclic) bond motifs is 1. The maximum absolute atomic E-state index is 13.9. The maximum Gasteiger partial charge on any atom is 0.264 e. The minimum absolute atomic E-state index is 0.116. The number of pyridine rings is 1. The van der Waals surface area contributed by atoms with Crippen molar-refractivity contribution in [2.45, 2.75) is 32.9 Å². The summed E-state index contributed by atoms with van der Waals surface area (Å²) in [5, 5.41) is 7.56. The molecule has 0 aliphatic carbocycles. The van der Waals surface area contributed by atoms with E-state index in [4.69, 9.17) is 0 Å². The summed E-state index contributed by atoms with van der Waals surface area (Å²) in [4.78, 5) is 17.3. The van der Waals surface area contributed by atoms with Gasteiger partial charge in [0.05, 0.1) is 22.8 Å². The Labute approximate surface area is 178 Å². The van der Waals surface area contributed by atoms with Crippen molar-refractivity contribution in [1.29, 1.82) is 0 Å². The highest BCUT2D eigenvalue weighted by atomic mass is 19.3. The van der Waals surface area contributed by atoms with Crippen molar-refractivity contribution in [2.24, 2.45) is 0 Å². The summed E-state index contributed by atoms with van der Waals surface area (Å²) in [5.41, 5.74) is 2.67. The van der Waals surface area contributed by atoms with E-state index in [-0.39, 0.29) is 29.7 Å². The van der Waals surface area contributed by atoms with Crippen molar-refractivity contribution in [3.63, 3.8) is 0 Å². The lowest BCUT2D eigenvalue weighted by atomic mass is 10.1. The minimum Gasteiger partial charge on any atom is -0.348 e. The number of nitrogens with one attached hydrogen (secondary N) is 1. The molecule has 4 aromatic rings. The number of carbonyl (C=O) groups is 1. The van der Waals surface area contributed by atoms with Crippen LogP contribution in [0.4, 0.5) is 8.78 Å². The summed E-state index contributed by atoms with van der Waals surface area (Å²) in [6, 6.07) is 19.9. The zero-order valence-corrected chi connectivity index (χ0v) is 17.2. The molecule has 1 unspecified atom stereocenters. The van der Waals surface area contributed by atoms with Crippen LogP contribution in [0.3, 0.4) is 0 Å². The molecule has 2 aromatic heterocycles. The molecule has 1 N–H and O–H groups in total. The second kappa shape index (κ2) is 8.63. The Morgan fingerprint density at radius 3 is 2.35 bits per heavy atom. The van der Waals surface area contributed by atoms with Crippen LogP contribution in [0.2, 0.25) is 0 Å². The third-order valence-electron chi connectivity index (χ3n) is 5.18. The van der Waals surface area contributed by atoms with Gasteiger partial charge >= 0.3 is 0 Å². The Morgan fingerprint density at radius 1 is 1.06 bits per heavy atom. The molecule has 2 heterocycles. The lowest BCUT2D eigenvalue weighted by Crippen LogP contribution is -2.30. The Balaban J connectivity index is 1.69. The third-order valence-corrected chi connectivity index (χ3v) is 5.18. The molecule has 0 spiro atoms. The number of halogens is 2. The molecule has 0 aliphatic heterocycles. The molecule has 0 bridgehead atoms. The smallest absolute Gasteiger partial charge is 0.264 e. The largest absolute Gasteiger partial charge is 0.348 e. The van der Waals surface area contributed by atoms with Crippen LogP contribution in [-0.2, 0) is 11.3 Å². The lowest BCUT2D eigenvalue weighted by Gasteiger charge is -2.14. The van der Waals surface area contributed by atoms with E-state index in [0.29, 0.717) is 16.8 Å². The molecule has 7 heteroatoms. The summed E-state index contributed by atoms with van der Waals surface area (Å²) in [7, 11) is 0. The van der Waals surface area contributed by atoms with Gasteiger partial charge in [-0.15, -0.1) is 0 Å². The first kappa shape index (κ1) is 20.7. The zero-order chi connectivity index (χ0) is 22.0. The van der Waals surface area contributed by atoms with Crippen molar-refractivity contribution in [3.05, 3.63) is 83.6 Å². The molecule has 0 saturated carbocycles. The fourth-order valence-corrected chi connectivity index (χ4v) is 3.67. The van der Waals surface area contributed by atoms with Crippen LogP contribution in [0.1, 0.15) is 36.2 Å². The molecule has 0 saturated heterocycles. The van der Waals surface area contributed by atoms with Gasteiger partial charge in [0.1, 0.15) is 6.54 Å². The predicted molar refractivity (Wildman–Crippen MR) is 116 cm³/mol. The number of rotatable bonds is 6. The molecule has 0 radical (unpaired) electrons. The average Bonchev–Trinajstić information content (AvgIpc) is 3.09. The molecule has 4 rings (SSSR count). The van der Waals surface area contributed by atoms with E-state index in [0.717, 1.165) is 11.1 Å². The topological polar surface area (TPSA) is 59.8 Å². The first-order valence-electron chi connectivity index (χ1n) is 10.00. The highest BCUT2D eigenvalue weighted by Gasteiger charge is 2.22. The van der Waals surface area contributed by atoms with Gasteiger partial charge in [-0.1, -0.05) is 60.7 Å². The molecular formula is C24H22F2N4O. The third kappa shape index (κ3) is 4.30. The zero-order valence-electron chi connectivity index (χ0n) is 17.2. The van der Waals surface area contributed by atoms with Crippen LogP contribution < -0.4 is 5.32 Å². The molecule has 0 aliphatic rings. The quantitative estimate of drug-likeness (QED) is 0.465. The molecule has 158 valence electrons. The molecule has 0 fully saturated rings. The Morgan fingerprint density at radius 2 is 1.71 bits per heavy atom. The summed E-state index contributed by atoms with van der Waals surface area (Å²) in [6.45, 7) is 3.43. The fraction of sp³-hybridized carbons (Fsp3) is 0.208. The van der Waals surface area contributed by atoms with Gasteiger partial charge in [0.2, 0.25) is 5.91 Å². The van der Waals surface area contributed by atoms with Gasteiger partial charge in [-0.05, 0) is 25.5 Å². The summed E-state index contributed by atoms with van der Waals surface area (Å²) in [6.07, 6.45) is -2.68. The van der Waals surface area contributed by atoms with Crippen LogP contribution in [0, 0.1) is 6.92 Å². The summed E-state index contributed by atoms with van der Waals surface area (Å²) < 4.78 is 29.1. The number of hydrogen-bond donors (Lipinski definition) is 1. The van der Waals surface area contributed by atoms with Crippen molar-refractivity contribution in [2.75, 3.05) is 0 Å². The van der Waals surface area contributed by atoms with E-state index in [1.165, 1.54) is 10.7 Å². The molecule has 1 amide bonds. The van der Waals surface area contributed by atoms with E-state index < -0.39 is 6.43 Å². The SMILES string of the molecule is Cc1nn(CC(=O)NC(C)c2ccccc2)c2nc(-c3ccccc3)cc(C(F)F)c12. The van der Waals surface area contributed by atoms with E-state index >= 15 is 0 Å². The number of carbonyl (C=O) groups excluding carboxylic acids is 1. The first-order chi connectivity index (χ1) is 14.9. The van der Waals surface area contributed by atoms with Gasteiger partial charge in [-0.25, -0.2) is 18.4 Å². The predicted octanol–water partition coefficient (Wildman–Crippen LogP) is 5.22. The normalized spacial score (nSPS) is 12.3. The van der Waals surface area contributed by atoms with Gasteiger partial charge in [0.15, 0.2) is 5.65 Å². The molecule has 31 heavy (non-hydrogen) atoms. The number of aromatic nitrogens is 3. The van der Waals surface area contributed by atoms with E-state index in [2.05, 4.69) is 15.4 Å². The molecule has 2 aromatic carbocycles. The summed E-state index contributed by atoms with van der Waals surface area (Å²) in [5.74, 6) is -0.272. The fourth-order valence-electron chi connectivity index (χ4n) is 3.67. The van der Waals surface area contributed by atoms with Crippen molar-refractivity contribution in [3.8, 4) is 11.3 Å². The van der Waals surface area contributed by atoms with Crippen molar-refractivity contribution >= 4 is 16.9 Å². The highest BCUT2D eigenvalue weighted by molar-refractivity contribution is 5.87. The Bertz CT molecular complexity index is 1210.